The van der Waals surface area contributed by atoms with Crippen LogP contribution in [0.4, 0.5) is 5.82 Å². The Kier molecular flexibility index (Phi) is 4.79. The molecule has 7 nitrogen and oxygen atoms in total. The third kappa shape index (κ3) is 3.67. The molecule has 0 saturated carbocycles. The van der Waals surface area contributed by atoms with Crippen LogP contribution in [0.3, 0.4) is 0 Å². The molecule has 2 fully saturated rings. The fourth-order valence-corrected chi connectivity index (χ4v) is 3.67. The van der Waals surface area contributed by atoms with Crippen molar-refractivity contribution in [1.82, 2.24) is 20.5 Å². The summed E-state index contributed by atoms with van der Waals surface area (Å²) in [6, 6.07) is 7.78. The molecule has 0 spiro atoms. The molecule has 2 aromatic heterocycles. The third-order valence-corrected chi connectivity index (χ3v) is 5.14. The van der Waals surface area contributed by atoms with Crippen LogP contribution < -0.4 is 10.2 Å². The van der Waals surface area contributed by atoms with Crippen molar-refractivity contribution in [3.05, 3.63) is 47.9 Å². The van der Waals surface area contributed by atoms with Crippen molar-refractivity contribution in [2.75, 3.05) is 18.0 Å². The number of pyridine rings is 1. The van der Waals surface area contributed by atoms with Gasteiger partial charge in [-0.15, -0.1) is 5.10 Å². The molecule has 2 aromatic rings. The molecular formula is C19H23N5O2. The number of piperidine rings is 1. The van der Waals surface area contributed by atoms with Crippen molar-refractivity contribution in [2.24, 2.45) is 5.92 Å². The van der Waals surface area contributed by atoms with Gasteiger partial charge in [-0.3, -0.25) is 9.78 Å². The van der Waals surface area contributed by atoms with E-state index in [1.54, 1.807) is 12.4 Å². The summed E-state index contributed by atoms with van der Waals surface area (Å²) in [5.74, 6) is 1.27. The first-order valence-corrected chi connectivity index (χ1v) is 9.06. The van der Waals surface area contributed by atoms with E-state index in [0.717, 1.165) is 43.0 Å². The van der Waals surface area contributed by atoms with Gasteiger partial charge in [0.05, 0.1) is 11.8 Å². The maximum Gasteiger partial charge on any atom is 0.249 e. The van der Waals surface area contributed by atoms with Crippen LogP contribution in [-0.4, -0.2) is 46.4 Å². The fourth-order valence-electron chi connectivity index (χ4n) is 3.67. The van der Waals surface area contributed by atoms with E-state index in [1.165, 1.54) is 0 Å². The standard InChI is InChI=1S/C19H23N5O2/c1-13-4-5-18(23-22-13)24-8-6-15-9-16(26-17(15)12-24)19(25)21-11-14-3-2-7-20-10-14/h2-5,7,10,15-17H,6,8-9,11-12H2,1H3,(H,21,25)/t15-,16+,17+/m0/s1. The second-order valence-corrected chi connectivity index (χ2v) is 7.01. The highest BCUT2D eigenvalue weighted by atomic mass is 16.5. The number of hydrogen-bond donors (Lipinski definition) is 1. The van der Waals surface area contributed by atoms with Gasteiger partial charge in [0.15, 0.2) is 5.82 Å². The quantitative estimate of drug-likeness (QED) is 0.897. The number of nitrogens with one attached hydrogen (secondary N) is 1. The Hall–Kier alpha value is -2.54. The summed E-state index contributed by atoms with van der Waals surface area (Å²) in [5.41, 5.74) is 1.89. The second-order valence-electron chi connectivity index (χ2n) is 7.01. The van der Waals surface area contributed by atoms with E-state index in [9.17, 15) is 4.79 Å². The molecule has 1 N–H and O–H groups in total. The molecule has 1 amide bonds. The zero-order valence-electron chi connectivity index (χ0n) is 14.8. The zero-order valence-corrected chi connectivity index (χ0v) is 14.8. The number of ether oxygens (including phenoxy) is 1. The molecule has 7 heteroatoms. The molecule has 0 aromatic carbocycles. The summed E-state index contributed by atoms with van der Waals surface area (Å²) in [7, 11) is 0. The molecule has 0 bridgehead atoms. The van der Waals surface area contributed by atoms with E-state index in [4.69, 9.17) is 4.74 Å². The number of fused-ring (bicyclic) bond motifs is 1. The third-order valence-electron chi connectivity index (χ3n) is 5.14. The topological polar surface area (TPSA) is 80.2 Å². The smallest absolute Gasteiger partial charge is 0.249 e. The number of hydrogen-bond acceptors (Lipinski definition) is 6. The molecule has 4 heterocycles. The largest absolute Gasteiger partial charge is 0.363 e. The lowest BCUT2D eigenvalue weighted by Gasteiger charge is -2.34. The lowest BCUT2D eigenvalue weighted by Crippen LogP contribution is -2.43. The highest BCUT2D eigenvalue weighted by Crippen LogP contribution is 2.34. The minimum absolute atomic E-state index is 0.0371. The SMILES string of the molecule is Cc1ccc(N2CC[C@H]3C[C@H](C(=O)NCc4cccnc4)O[C@@H]3C2)nn1. The van der Waals surface area contributed by atoms with Gasteiger partial charge in [0.25, 0.3) is 0 Å². The van der Waals surface area contributed by atoms with Crippen LogP contribution in [0, 0.1) is 12.8 Å². The normalized spacial score (nSPS) is 25.0. The number of nitrogens with zero attached hydrogens (tertiary/aromatic N) is 4. The highest BCUT2D eigenvalue weighted by Gasteiger charge is 2.42. The highest BCUT2D eigenvalue weighted by molar-refractivity contribution is 5.81. The lowest BCUT2D eigenvalue weighted by molar-refractivity contribution is -0.132. The summed E-state index contributed by atoms with van der Waals surface area (Å²) in [6.45, 7) is 4.09. The number of aryl methyl sites for hydroxylation is 1. The van der Waals surface area contributed by atoms with Crippen molar-refractivity contribution >= 4 is 11.7 Å². The first-order chi connectivity index (χ1) is 12.7. The second kappa shape index (κ2) is 7.37. The Bertz CT molecular complexity index is 752. The average Bonchev–Trinajstić information content (AvgIpc) is 3.11. The number of anilines is 1. The van der Waals surface area contributed by atoms with Crippen LogP contribution in [0.1, 0.15) is 24.1 Å². The Balaban J connectivity index is 1.32. The number of rotatable bonds is 4. The molecule has 26 heavy (non-hydrogen) atoms. The van der Waals surface area contributed by atoms with Crippen LogP contribution in [0.15, 0.2) is 36.7 Å². The molecule has 4 rings (SSSR count). The number of carbonyl (C=O) groups excluding carboxylic acids is 1. The number of carbonyl (C=O) groups is 1. The van der Waals surface area contributed by atoms with Crippen molar-refractivity contribution in [3.63, 3.8) is 0 Å². The maximum atomic E-state index is 12.5. The molecule has 136 valence electrons. The molecule has 0 aliphatic carbocycles. The summed E-state index contributed by atoms with van der Waals surface area (Å²) >= 11 is 0. The Morgan fingerprint density at radius 1 is 1.35 bits per heavy atom. The first-order valence-electron chi connectivity index (χ1n) is 9.06. The maximum absolute atomic E-state index is 12.5. The predicted octanol–water partition coefficient (Wildman–Crippen LogP) is 1.48. The Labute approximate surface area is 152 Å². The van der Waals surface area contributed by atoms with Crippen LogP contribution in [0.5, 0.6) is 0 Å². The Morgan fingerprint density at radius 2 is 2.27 bits per heavy atom. The van der Waals surface area contributed by atoms with Crippen LogP contribution >= 0.6 is 0 Å². The molecule has 0 unspecified atom stereocenters. The fraction of sp³-hybridized carbons (Fsp3) is 0.474. The molecule has 3 atom stereocenters. The van der Waals surface area contributed by atoms with E-state index >= 15 is 0 Å². The van der Waals surface area contributed by atoms with Crippen LogP contribution in [-0.2, 0) is 16.1 Å². The lowest BCUT2D eigenvalue weighted by atomic mass is 9.91. The minimum Gasteiger partial charge on any atom is -0.363 e. The molecule has 2 saturated heterocycles. The average molecular weight is 353 g/mol. The first kappa shape index (κ1) is 16.9. The van der Waals surface area contributed by atoms with Crippen molar-refractivity contribution in [1.29, 1.82) is 0 Å². The van der Waals surface area contributed by atoms with Crippen molar-refractivity contribution in [2.45, 2.75) is 38.5 Å². The van der Waals surface area contributed by atoms with Crippen LogP contribution in [0.25, 0.3) is 0 Å². The van der Waals surface area contributed by atoms with E-state index in [-0.39, 0.29) is 18.1 Å². The van der Waals surface area contributed by atoms with E-state index in [0.29, 0.717) is 12.5 Å². The van der Waals surface area contributed by atoms with Gasteiger partial charge >= 0.3 is 0 Å². The van der Waals surface area contributed by atoms with Gasteiger partial charge in [0.1, 0.15) is 6.10 Å². The monoisotopic (exact) mass is 353 g/mol. The predicted molar refractivity (Wildman–Crippen MR) is 96.5 cm³/mol. The van der Waals surface area contributed by atoms with Gasteiger partial charge in [-0.2, -0.15) is 5.10 Å². The molecular weight excluding hydrogens is 330 g/mol. The van der Waals surface area contributed by atoms with E-state index in [2.05, 4.69) is 25.4 Å². The summed E-state index contributed by atoms with van der Waals surface area (Å²) < 4.78 is 6.07. The minimum atomic E-state index is -0.370. The Morgan fingerprint density at radius 3 is 3.04 bits per heavy atom. The van der Waals surface area contributed by atoms with Crippen molar-refractivity contribution in [3.8, 4) is 0 Å². The van der Waals surface area contributed by atoms with E-state index in [1.807, 2.05) is 31.2 Å². The van der Waals surface area contributed by atoms with Gasteiger partial charge in [-0.25, -0.2) is 0 Å². The summed E-state index contributed by atoms with van der Waals surface area (Å²) in [4.78, 5) is 18.7. The molecule has 2 aliphatic rings. The molecule has 0 radical (unpaired) electrons. The zero-order chi connectivity index (χ0) is 17.9. The van der Waals surface area contributed by atoms with Crippen LogP contribution in [0.2, 0.25) is 0 Å². The van der Waals surface area contributed by atoms with Gasteiger partial charge in [0, 0.05) is 32.0 Å². The van der Waals surface area contributed by atoms with Gasteiger partial charge < -0.3 is 15.0 Å². The number of aromatic nitrogens is 3. The van der Waals surface area contributed by atoms with E-state index < -0.39 is 0 Å². The summed E-state index contributed by atoms with van der Waals surface area (Å²) in [5, 5.41) is 11.4. The number of amides is 1. The van der Waals surface area contributed by atoms with Gasteiger partial charge in [0.2, 0.25) is 5.91 Å². The summed E-state index contributed by atoms with van der Waals surface area (Å²) in [6.07, 6.45) is 4.98. The van der Waals surface area contributed by atoms with Gasteiger partial charge in [-0.05, 0) is 49.4 Å². The molecule has 2 aliphatic heterocycles. The van der Waals surface area contributed by atoms with Crippen molar-refractivity contribution < 1.29 is 9.53 Å². The van der Waals surface area contributed by atoms with Gasteiger partial charge in [-0.1, -0.05) is 6.07 Å².